The molecule has 0 aromatic carbocycles. The first kappa shape index (κ1) is 15.3. The van der Waals surface area contributed by atoms with E-state index in [1.165, 1.54) is 51.6 Å². The van der Waals surface area contributed by atoms with E-state index in [4.69, 9.17) is 5.73 Å². The summed E-state index contributed by atoms with van der Waals surface area (Å²) < 4.78 is 0. The second kappa shape index (κ2) is 5.73. The molecule has 0 aromatic heterocycles. The van der Waals surface area contributed by atoms with Crippen molar-refractivity contribution in [2.75, 3.05) is 19.6 Å². The van der Waals surface area contributed by atoms with Crippen LogP contribution in [0.15, 0.2) is 0 Å². The lowest BCUT2D eigenvalue weighted by molar-refractivity contribution is 0.0430. The molecule has 0 bridgehead atoms. The Labute approximate surface area is 120 Å². The summed E-state index contributed by atoms with van der Waals surface area (Å²) in [5, 5.41) is 0. The average molecular weight is 266 g/mol. The van der Waals surface area contributed by atoms with Gasteiger partial charge in [0.1, 0.15) is 0 Å². The van der Waals surface area contributed by atoms with E-state index in [-0.39, 0.29) is 0 Å². The van der Waals surface area contributed by atoms with Crippen LogP contribution in [0.3, 0.4) is 0 Å². The summed E-state index contributed by atoms with van der Waals surface area (Å²) in [4.78, 5) is 2.75. The van der Waals surface area contributed by atoms with E-state index in [2.05, 4.69) is 32.6 Å². The van der Waals surface area contributed by atoms with Crippen molar-refractivity contribution in [3.63, 3.8) is 0 Å². The summed E-state index contributed by atoms with van der Waals surface area (Å²) in [6, 6.07) is 0. The predicted octanol–water partition coefficient (Wildman–Crippen LogP) is 3.65. The van der Waals surface area contributed by atoms with Crippen LogP contribution in [0.4, 0.5) is 0 Å². The highest BCUT2D eigenvalue weighted by atomic mass is 15.2. The normalized spacial score (nSPS) is 36.0. The van der Waals surface area contributed by atoms with Gasteiger partial charge in [-0.3, -0.25) is 4.90 Å². The first-order valence-electron chi connectivity index (χ1n) is 8.32. The molecule has 0 amide bonds. The van der Waals surface area contributed by atoms with Crippen molar-refractivity contribution in [1.29, 1.82) is 0 Å². The maximum atomic E-state index is 6.26. The lowest BCUT2D eigenvalue weighted by atomic mass is 9.72. The fraction of sp³-hybridized carbons (Fsp3) is 1.00. The van der Waals surface area contributed by atoms with Crippen molar-refractivity contribution >= 4 is 0 Å². The summed E-state index contributed by atoms with van der Waals surface area (Å²) >= 11 is 0. The Morgan fingerprint density at radius 1 is 1.26 bits per heavy atom. The molecule has 0 aromatic rings. The molecule has 112 valence electrons. The zero-order valence-electron chi connectivity index (χ0n) is 13.5. The van der Waals surface area contributed by atoms with E-state index >= 15 is 0 Å². The molecule has 1 aliphatic heterocycles. The number of rotatable bonds is 4. The largest absolute Gasteiger partial charge is 0.329 e. The molecule has 2 heteroatoms. The molecular weight excluding hydrogens is 232 g/mol. The Bertz CT molecular complexity index is 298. The van der Waals surface area contributed by atoms with Gasteiger partial charge in [-0.2, -0.15) is 0 Å². The second-order valence-electron chi connectivity index (χ2n) is 8.36. The molecule has 2 aliphatic rings. The zero-order chi connectivity index (χ0) is 14.1. The van der Waals surface area contributed by atoms with Gasteiger partial charge in [-0.15, -0.1) is 0 Å². The Morgan fingerprint density at radius 3 is 2.53 bits per heavy atom. The van der Waals surface area contributed by atoms with Crippen molar-refractivity contribution in [1.82, 2.24) is 4.90 Å². The van der Waals surface area contributed by atoms with Crippen LogP contribution < -0.4 is 5.73 Å². The first-order valence-corrected chi connectivity index (χ1v) is 8.32. The minimum Gasteiger partial charge on any atom is -0.329 e. The Balaban J connectivity index is 2.05. The maximum absolute atomic E-state index is 6.26. The van der Waals surface area contributed by atoms with E-state index in [1.807, 2.05) is 0 Å². The standard InChI is InChI=1S/C17H34N2/c1-14(2)10-15-6-5-7-17(11-15,12-18)19-9-8-16(3,4)13-19/h14-15H,5-13,18H2,1-4H3. The molecule has 1 heterocycles. The summed E-state index contributed by atoms with van der Waals surface area (Å²) in [5.74, 6) is 1.73. The lowest BCUT2D eigenvalue weighted by Crippen LogP contribution is -2.55. The molecule has 0 spiro atoms. The Morgan fingerprint density at radius 2 is 2.00 bits per heavy atom. The Kier molecular flexibility index (Phi) is 4.62. The van der Waals surface area contributed by atoms with E-state index in [1.54, 1.807) is 0 Å². The molecule has 2 fully saturated rings. The van der Waals surface area contributed by atoms with E-state index in [9.17, 15) is 0 Å². The molecule has 2 N–H and O–H groups in total. The van der Waals surface area contributed by atoms with Gasteiger partial charge in [0.05, 0.1) is 0 Å². The maximum Gasteiger partial charge on any atom is 0.0334 e. The third-order valence-corrected chi connectivity index (χ3v) is 5.46. The van der Waals surface area contributed by atoms with Crippen LogP contribution in [0.2, 0.25) is 0 Å². The molecule has 19 heavy (non-hydrogen) atoms. The molecule has 2 unspecified atom stereocenters. The molecule has 1 aliphatic carbocycles. The minimum atomic E-state index is 0.325. The minimum absolute atomic E-state index is 0.325. The van der Waals surface area contributed by atoms with Crippen LogP contribution in [0.25, 0.3) is 0 Å². The van der Waals surface area contributed by atoms with E-state index in [0.717, 1.165) is 18.4 Å². The molecule has 1 saturated carbocycles. The number of nitrogens with zero attached hydrogens (tertiary/aromatic N) is 1. The predicted molar refractivity (Wildman–Crippen MR) is 83.2 cm³/mol. The SMILES string of the molecule is CC(C)CC1CCCC(CN)(N2CCC(C)(C)C2)C1. The van der Waals surface area contributed by atoms with Crippen molar-refractivity contribution in [3.05, 3.63) is 0 Å². The zero-order valence-corrected chi connectivity index (χ0v) is 13.5. The molecule has 0 radical (unpaired) electrons. The van der Waals surface area contributed by atoms with Crippen LogP contribution in [0.1, 0.15) is 66.2 Å². The van der Waals surface area contributed by atoms with Gasteiger partial charge in [0.2, 0.25) is 0 Å². The van der Waals surface area contributed by atoms with Crippen molar-refractivity contribution in [2.45, 2.75) is 71.8 Å². The van der Waals surface area contributed by atoms with E-state index in [0.29, 0.717) is 11.0 Å². The molecular formula is C17H34N2. The summed E-state index contributed by atoms with van der Waals surface area (Å²) in [6.45, 7) is 12.9. The molecule has 2 rings (SSSR count). The number of hydrogen-bond donors (Lipinski definition) is 1. The highest BCUT2D eigenvalue weighted by molar-refractivity contribution is 5.00. The van der Waals surface area contributed by atoms with Crippen LogP contribution in [-0.2, 0) is 0 Å². The number of nitrogens with two attached hydrogens (primary N) is 1. The van der Waals surface area contributed by atoms with Gasteiger partial charge >= 0.3 is 0 Å². The summed E-state index contributed by atoms with van der Waals surface area (Å²) in [6.07, 6.45) is 8.21. The number of likely N-dealkylation sites (tertiary alicyclic amines) is 1. The lowest BCUT2D eigenvalue weighted by Gasteiger charge is -2.47. The van der Waals surface area contributed by atoms with Gasteiger partial charge in [-0.1, -0.05) is 40.5 Å². The fourth-order valence-corrected chi connectivity index (χ4v) is 4.45. The topological polar surface area (TPSA) is 29.3 Å². The summed E-state index contributed by atoms with van der Waals surface area (Å²) in [5.41, 5.74) is 7.08. The first-order chi connectivity index (χ1) is 8.87. The third-order valence-electron chi connectivity index (χ3n) is 5.46. The van der Waals surface area contributed by atoms with Gasteiger partial charge in [-0.25, -0.2) is 0 Å². The quantitative estimate of drug-likeness (QED) is 0.841. The van der Waals surface area contributed by atoms with Crippen LogP contribution in [0, 0.1) is 17.3 Å². The highest BCUT2D eigenvalue weighted by Crippen LogP contribution is 2.43. The summed E-state index contributed by atoms with van der Waals surface area (Å²) in [7, 11) is 0. The van der Waals surface area contributed by atoms with Gasteiger partial charge < -0.3 is 5.73 Å². The van der Waals surface area contributed by atoms with E-state index < -0.39 is 0 Å². The number of hydrogen-bond acceptors (Lipinski definition) is 2. The molecule has 2 atom stereocenters. The van der Waals surface area contributed by atoms with Crippen LogP contribution in [0.5, 0.6) is 0 Å². The van der Waals surface area contributed by atoms with Crippen molar-refractivity contribution < 1.29 is 0 Å². The third kappa shape index (κ3) is 3.52. The highest BCUT2D eigenvalue weighted by Gasteiger charge is 2.44. The Hall–Kier alpha value is -0.0800. The van der Waals surface area contributed by atoms with Gasteiger partial charge in [-0.05, 0) is 49.5 Å². The second-order valence-corrected chi connectivity index (χ2v) is 8.36. The van der Waals surface area contributed by atoms with Crippen molar-refractivity contribution in [3.8, 4) is 0 Å². The fourth-order valence-electron chi connectivity index (χ4n) is 4.45. The monoisotopic (exact) mass is 266 g/mol. The van der Waals surface area contributed by atoms with Gasteiger partial charge in [0.15, 0.2) is 0 Å². The van der Waals surface area contributed by atoms with Gasteiger partial charge in [0, 0.05) is 18.6 Å². The van der Waals surface area contributed by atoms with Crippen LogP contribution in [-0.4, -0.2) is 30.1 Å². The smallest absolute Gasteiger partial charge is 0.0334 e. The molecule has 1 saturated heterocycles. The van der Waals surface area contributed by atoms with Gasteiger partial charge in [0.25, 0.3) is 0 Å². The van der Waals surface area contributed by atoms with Crippen LogP contribution >= 0.6 is 0 Å². The molecule has 2 nitrogen and oxygen atoms in total. The average Bonchev–Trinajstić information content (AvgIpc) is 2.69. The van der Waals surface area contributed by atoms with Crippen molar-refractivity contribution in [2.24, 2.45) is 23.0 Å².